The van der Waals surface area contributed by atoms with Gasteiger partial charge >= 0.3 is 0 Å². The summed E-state index contributed by atoms with van der Waals surface area (Å²) in [6.45, 7) is 0. The Morgan fingerprint density at radius 3 is 1.63 bits per heavy atom. The lowest BCUT2D eigenvalue weighted by molar-refractivity contribution is 0.0978. The van der Waals surface area contributed by atoms with E-state index in [0.29, 0.717) is 28.7 Å². The number of benzene rings is 4. The molecule has 5 rings (SSSR count). The summed E-state index contributed by atoms with van der Waals surface area (Å²) >= 11 is 0. The van der Waals surface area contributed by atoms with Crippen molar-refractivity contribution < 1.29 is 9.59 Å². The zero-order valence-electron chi connectivity index (χ0n) is 16.5. The molecule has 2 heteroatoms. The lowest BCUT2D eigenvalue weighted by Gasteiger charge is -2.23. The van der Waals surface area contributed by atoms with Gasteiger partial charge in [-0.2, -0.15) is 0 Å². The van der Waals surface area contributed by atoms with Crippen LogP contribution in [-0.4, -0.2) is 11.6 Å². The van der Waals surface area contributed by atoms with Gasteiger partial charge in [0.1, 0.15) is 0 Å². The summed E-state index contributed by atoms with van der Waals surface area (Å²) in [4.78, 5) is 26.7. The van der Waals surface area contributed by atoms with Crippen molar-refractivity contribution in [3.8, 4) is 0 Å². The number of hydrogen-bond donors (Lipinski definition) is 0. The van der Waals surface area contributed by atoms with Crippen LogP contribution in [0.2, 0.25) is 0 Å². The molecule has 0 bridgehead atoms. The van der Waals surface area contributed by atoms with Crippen molar-refractivity contribution in [2.75, 3.05) is 0 Å². The third-order valence-electron chi connectivity index (χ3n) is 5.76. The molecule has 1 aliphatic rings. The fourth-order valence-electron chi connectivity index (χ4n) is 4.28. The van der Waals surface area contributed by atoms with E-state index in [1.165, 1.54) is 5.56 Å². The number of hydrogen-bond acceptors (Lipinski definition) is 2. The standard InChI is InChI=1S/C28H20O2/c29-27-22-13-7-8-14-23(22)28(30)26-24(27)16-15-21(17-19-9-3-1-4-10-19)25(26)18-20-11-5-2-6-12-20/h1-16H,17-18H2. The molecule has 144 valence electrons. The van der Waals surface area contributed by atoms with Crippen molar-refractivity contribution in [3.63, 3.8) is 0 Å². The Kier molecular flexibility index (Phi) is 4.61. The topological polar surface area (TPSA) is 34.1 Å². The van der Waals surface area contributed by atoms with Gasteiger partial charge in [-0.3, -0.25) is 9.59 Å². The van der Waals surface area contributed by atoms with E-state index in [-0.39, 0.29) is 11.6 Å². The van der Waals surface area contributed by atoms with Crippen LogP contribution in [0.1, 0.15) is 54.1 Å². The van der Waals surface area contributed by atoms with E-state index in [0.717, 1.165) is 23.1 Å². The smallest absolute Gasteiger partial charge is 0.194 e. The molecule has 0 radical (unpaired) electrons. The first-order valence-electron chi connectivity index (χ1n) is 10.1. The van der Waals surface area contributed by atoms with Crippen molar-refractivity contribution in [1.82, 2.24) is 0 Å². The largest absolute Gasteiger partial charge is 0.289 e. The van der Waals surface area contributed by atoms with Crippen LogP contribution in [-0.2, 0) is 12.8 Å². The average molecular weight is 388 g/mol. The Balaban J connectivity index is 1.70. The Bertz CT molecular complexity index is 1250. The predicted octanol–water partition coefficient (Wildman–Crippen LogP) is 5.64. The Morgan fingerprint density at radius 1 is 0.467 bits per heavy atom. The highest BCUT2D eigenvalue weighted by Gasteiger charge is 2.32. The van der Waals surface area contributed by atoms with E-state index in [1.54, 1.807) is 12.1 Å². The maximum absolute atomic E-state index is 13.5. The highest BCUT2D eigenvalue weighted by atomic mass is 16.1. The molecule has 0 N–H and O–H groups in total. The molecule has 0 aromatic heterocycles. The molecule has 30 heavy (non-hydrogen) atoms. The van der Waals surface area contributed by atoms with Crippen molar-refractivity contribution in [2.45, 2.75) is 12.8 Å². The van der Waals surface area contributed by atoms with Crippen LogP contribution in [0.25, 0.3) is 0 Å². The summed E-state index contributed by atoms with van der Waals surface area (Å²) in [7, 11) is 0. The first-order valence-corrected chi connectivity index (χ1v) is 10.1. The minimum atomic E-state index is -0.0687. The Morgan fingerprint density at radius 2 is 1.00 bits per heavy atom. The molecule has 2 nitrogen and oxygen atoms in total. The van der Waals surface area contributed by atoms with Crippen molar-refractivity contribution >= 4 is 11.6 Å². The summed E-state index contributed by atoms with van der Waals surface area (Å²) in [6.07, 6.45) is 1.34. The molecule has 0 fully saturated rings. The molecule has 0 saturated carbocycles. The van der Waals surface area contributed by atoms with Gasteiger partial charge in [0.15, 0.2) is 11.6 Å². The third-order valence-corrected chi connectivity index (χ3v) is 5.76. The first-order chi connectivity index (χ1) is 14.7. The van der Waals surface area contributed by atoms with E-state index in [4.69, 9.17) is 0 Å². The molecule has 0 atom stereocenters. The molecular weight excluding hydrogens is 368 g/mol. The van der Waals surface area contributed by atoms with Crippen molar-refractivity contribution in [2.24, 2.45) is 0 Å². The van der Waals surface area contributed by atoms with Gasteiger partial charge in [0.05, 0.1) is 0 Å². The van der Waals surface area contributed by atoms with Gasteiger partial charge in [-0.1, -0.05) is 91.0 Å². The predicted molar refractivity (Wildman–Crippen MR) is 118 cm³/mol. The van der Waals surface area contributed by atoms with E-state index in [2.05, 4.69) is 24.3 Å². The molecule has 0 spiro atoms. The fourth-order valence-corrected chi connectivity index (χ4v) is 4.28. The highest BCUT2D eigenvalue weighted by Crippen LogP contribution is 2.33. The van der Waals surface area contributed by atoms with Crippen molar-refractivity contribution in [1.29, 1.82) is 0 Å². The number of fused-ring (bicyclic) bond motifs is 2. The van der Waals surface area contributed by atoms with Crippen LogP contribution in [0.5, 0.6) is 0 Å². The van der Waals surface area contributed by atoms with Crippen LogP contribution < -0.4 is 0 Å². The number of rotatable bonds is 4. The van der Waals surface area contributed by atoms with Gasteiger partial charge in [0, 0.05) is 22.3 Å². The van der Waals surface area contributed by atoms with Crippen LogP contribution in [0.3, 0.4) is 0 Å². The van der Waals surface area contributed by atoms with Gasteiger partial charge < -0.3 is 0 Å². The first kappa shape index (κ1) is 18.3. The SMILES string of the molecule is O=C1c2ccccc2C(=O)c2c1ccc(Cc1ccccc1)c2Cc1ccccc1. The number of ketones is 2. The zero-order chi connectivity index (χ0) is 20.5. The maximum Gasteiger partial charge on any atom is 0.194 e. The van der Waals surface area contributed by atoms with Gasteiger partial charge in [0.25, 0.3) is 0 Å². The third kappa shape index (κ3) is 3.17. The second-order valence-electron chi connectivity index (χ2n) is 7.65. The second kappa shape index (κ2) is 7.57. The van der Waals surface area contributed by atoms with Crippen LogP contribution in [0.4, 0.5) is 0 Å². The number of carbonyl (C=O) groups excluding carboxylic acids is 2. The molecular formula is C28H20O2. The summed E-state index contributed by atoms with van der Waals surface area (Å²) in [6, 6.07) is 31.3. The zero-order valence-corrected chi connectivity index (χ0v) is 16.5. The van der Waals surface area contributed by atoms with E-state index in [9.17, 15) is 9.59 Å². The molecule has 1 aliphatic carbocycles. The molecule has 0 amide bonds. The quantitative estimate of drug-likeness (QED) is 0.399. The van der Waals surface area contributed by atoms with Gasteiger partial charge in [-0.15, -0.1) is 0 Å². The fraction of sp³-hybridized carbons (Fsp3) is 0.0714. The Labute approximate surface area is 175 Å². The van der Waals surface area contributed by atoms with Gasteiger partial charge in [-0.05, 0) is 41.2 Å². The van der Waals surface area contributed by atoms with Crippen LogP contribution >= 0.6 is 0 Å². The Hall–Kier alpha value is -3.78. The van der Waals surface area contributed by atoms with Gasteiger partial charge in [0.2, 0.25) is 0 Å². The van der Waals surface area contributed by atoms with E-state index < -0.39 is 0 Å². The lowest BCUT2D eigenvalue weighted by Crippen LogP contribution is -2.23. The summed E-state index contributed by atoms with van der Waals surface area (Å²) < 4.78 is 0. The normalized spacial score (nSPS) is 12.4. The monoisotopic (exact) mass is 388 g/mol. The van der Waals surface area contributed by atoms with Crippen LogP contribution in [0.15, 0.2) is 97.1 Å². The molecule has 0 aliphatic heterocycles. The average Bonchev–Trinajstić information content (AvgIpc) is 2.80. The van der Waals surface area contributed by atoms with Gasteiger partial charge in [-0.25, -0.2) is 0 Å². The highest BCUT2D eigenvalue weighted by molar-refractivity contribution is 6.29. The summed E-state index contributed by atoms with van der Waals surface area (Å²) in [5.74, 6) is -0.123. The van der Waals surface area contributed by atoms with Crippen LogP contribution in [0, 0.1) is 0 Å². The second-order valence-corrected chi connectivity index (χ2v) is 7.65. The molecule has 0 unspecified atom stereocenters. The summed E-state index contributed by atoms with van der Waals surface area (Å²) in [5.41, 5.74) is 6.43. The maximum atomic E-state index is 13.5. The lowest BCUT2D eigenvalue weighted by atomic mass is 9.78. The molecule has 0 saturated heterocycles. The summed E-state index contributed by atoms with van der Waals surface area (Å²) in [5, 5.41) is 0. The minimum absolute atomic E-state index is 0.0546. The molecule has 4 aromatic carbocycles. The van der Waals surface area contributed by atoms with E-state index in [1.807, 2.05) is 60.7 Å². The molecule has 0 heterocycles. The van der Waals surface area contributed by atoms with Crippen molar-refractivity contribution in [3.05, 3.63) is 142 Å². The van der Waals surface area contributed by atoms with E-state index >= 15 is 0 Å². The number of carbonyl (C=O) groups is 2. The minimum Gasteiger partial charge on any atom is -0.289 e. The molecule has 4 aromatic rings.